The van der Waals surface area contributed by atoms with E-state index < -0.39 is 0 Å². The van der Waals surface area contributed by atoms with E-state index in [0.717, 1.165) is 0 Å². The van der Waals surface area contributed by atoms with Crippen molar-refractivity contribution in [3.63, 3.8) is 0 Å². The maximum Gasteiger partial charge on any atom is 0.242 e. The van der Waals surface area contributed by atoms with E-state index in [4.69, 9.17) is 10.5 Å². The minimum atomic E-state index is -0.315. The Hall–Kier alpha value is -1.66. The first kappa shape index (κ1) is 15.7. The molecule has 5 nitrogen and oxygen atoms in total. The van der Waals surface area contributed by atoms with Gasteiger partial charge in [-0.1, -0.05) is 12.1 Å². The molecule has 116 valence electrons. The minimum Gasteiger partial charge on any atom is -0.378 e. The van der Waals surface area contributed by atoms with E-state index in [2.05, 4.69) is 0 Å². The topological polar surface area (TPSA) is 58.8 Å². The lowest BCUT2D eigenvalue weighted by molar-refractivity contribution is -0.133. The highest BCUT2D eigenvalue weighted by Gasteiger charge is 2.21. The predicted molar refractivity (Wildman–Crippen MR) is 79.7 cm³/mol. The number of benzene rings is 1. The van der Waals surface area contributed by atoms with Gasteiger partial charge in [0.15, 0.2) is 0 Å². The fourth-order valence-electron chi connectivity index (χ4n) is 2.35. The van der Waals surface area contributed by atoms with Crippen molar-refractivity contribution in [3.05, 3.63) is 30.1 Å². The molecule has 1 aromatic rings. The Morgan fingerprint density at radius 3 is 2.71 bits per heavy atom. The molecule has 0 aromatic heterocycles. The molecule has 0 aliphatic carbocycles. The maximum atomic E-state index is 13.9. The number of nitrogens with two attached hydrogens (primary N) is 1. The van der Waals surface area contributed by atoms with E-state index in [1.165, 1.54) is 6.07 Å². The summed E-state index contributed by atoms with van der Waals surface area (Å²) in [7, 11) is 0. The average molecular weight is 295 g/mol. The van der Waals surface area contributed by atoms with Crippen molar-refractivity contribution >= 4 is 11.6 Å². The highest BCUT2D eigenvalue weighted by atomic mass is 19.1. The van der Waals surface area contributed by atoms with Crippen LogP contribution in [0.15, 0.2) is 24.3 Å². The number of amides is 1. The number of morpholine rings is 1. The van der Waals surface area contributed by atoms with Crippen LogP contribution in [0.5, 0.6) is 0 Å². The summed E-state index contributed by atoms with van der Waals surface area (Å²) >= 11 is 0. The second kappa shape index (κ2) is 7.95. The van der Waals surface area contributed by atoms with E-state index in [1.54, 1.807) is 28.0 Å². The molecule has 1 aromatic carbocycles. The first-order chi connectivity index (χ1) is 10.2. The van der Waals surface area contributed by atoms with Crippen LogP contribution in [0.1, 0.15) is 6.42 Å². The number of halogens is 1. The molecule has 1 aliphatic heterocycles. The molecule has 0 unspecified atom stereocenters. The van der Waals surface area contributed by atoms with Gasteiger partial charge in [0.1, 0.15) is 5.82 Å². The van der Waals surface area contributed by atoms with Gasteiger partial charge in [-0.2, -0.15) is 0 Å². The quantitative estimate of drug-likeness (QED) is 0.845. The molecule has 6 heteroatoms. The number of carbonyl (C=O) groups is 1. The largest absolute Gasteiger partial charge is 0.378 e. The van der Waals surface area contributed by atoms with Gasteiger partial charge < -0.3 is 20.3 Å². The second-order valence-electron chi connectivity index (χ2n) is 5.01. The molecular weight excluding hydrogens is 273 g/mol. The van der Waals surface area contributed by atoms with Gasteiger partial charge in [-0.05, 0) is 25.1 Å². The zero-order valence-corrected chi connectivity index (χ0v) is 12.1. The van der Waals surface area contributed by atoms with E-state index in [9.17, 15) is 9.18 Å². The molecule has 1 amide bonds. The van der Waals surface area contributed by atoms with Crippen LogP contribution in [0.3, 0.4) is 0 Å². The highest BCUT2D eigenvalue weighted by molar-refractivity contribution is 5.81. The third-order valence-corrected chi connectivity index (χ3v) is 3.52. The van der Waals surface area contributed by atoms with Crippen molar-refractivity contribution in [2.75, 3.05) is 50.8 Å². The Bertz CT molecular complexity index is 464. The van der Waals surface area contributed by atoms with Crippen LogP contribution in [0, 0.1) is 5.82 Å². The van der Waals surface area contributed by atoms with Gasteiger partial charge in [-0.25, -0.2) is 4.39 Å². The molecule has 0 saturated carbocycles. The zero-order valence-electron chi connectivity index (χ0n) is 12.1. The molecule has 1 fully saturated rings. The Morgan fingerprint density at radius 2 is 2.05 bits per heavy atom. The molecule has 1 heterocycles. The molecule has 1 aliphatic rings. The number of nitrogens with zero attached hydrogens (tertiary/aromatic N) is 2. The van der Waals surface area contributed by atoms with Gasteiger partial charge in [0.05, 0.1) is 25.4 Å². The van der Waals surface area contributed by atoms with Crippen LogP contribution >= 0.6 is 0 Å². The number of carbonyl (C=O) groups excluding carboxylic acids is 1. The summed E-state index contributed by atoms with van der Waals surface area (Å²) in [6.45, 7) is 3.56. The number of hydrogen-bond donors (Lipinski definition) is 1. The number of hydrogen-bond acceptors (Lipinski definition) is 4. The fourth-order valence-corrected chi connectivity index (χ4v) is 2.35. The van der Waals surface area contributed by atoms with Gasteiger partial charge in [0, 0.05) is 19.6 Å². The van der Waals surface area contributed by atoms with Gasteiger partial charge in [-0.15, -0.1) is 0 Å². The second-order valence-corrected chi connectivity index (χ2v) is 5.01. The van der Waals surface area contributed by atoms with Gasteiger partial charge >= 0.3 is 0 Å². The SMILES string of the molecule is NCCCN(CC(=O)N1CCOCC1)c1ccccc1F. The normalized spacial score (nSPS) is 15.0. The summed E-state index contributed by atoms with van der Waals surface area (Å²) in [5.74, 6) is -0.317. The van der Waals surface area contributed by atoms with Crippen molar-refractivity contribution in [2.24, 2.45) is 5.73 Å². The van der Waals surface area contributed by atoms with Gasteiger partial charge in [0.25, 0.3) is 0 Å². The lowest BCUT2D eigenvalue weighted by atomic mass is 10.2. The fraction of sp³-hybridized carbons (Fsp3) is 0.533. The highest BCUT2D eigenvalue weighted by Crippen LogP contribution is 2.19. The van der Waals surface area contributed by atoms with Crippen LogP contribution in [0.4, 0.5) is 10.1 Å². The van der Waals surface area contributed by atoms with Crippen LogP contribution < -0.4 is 10.6 Å². The first-order valence-corrected chi connectivity index (χ1v) is 7.27. The molecule has 1 saturated heterocycles. The first-order valence-electron chi connectivity index (χ1n) is 7.27. The summed E-state index contributed by atoms with van der Waals surface area (Å²) in [4.78, 5) is 15.9. The van der Waals surface area contributed by atoms with Crippen molar-refractivity contribution < 1.29 is 13.9 Å². The summed E-state index contributed by atoms with van der Waals surface area (Å²) in [5.41, 5.74) is 5.99. The summed E-state index contributed by atoms with van der Waals surface area (Å²) < 4.78 is 19.2. The van der Waals surface area contributed by atoms with Gasteiger partial charge in [-0.3, -0.25) is 4.79 Å². The standard InChI is InChI=1S/C15H22FN3O2/c16-13-4-1-2-5-14(13)19(7-3-6-17)12-15(20)18-8-10-21-11-9-18/h1-2,4-5H,3,6-12,17H2. The van der Waals surface area contributed by atoms with E-state index >= 15 is 0 Å². The van der Waals surface area contributed by atoms with Crippen LogP contribution in [-0.4, -0.2) is 56.7 Å². The molecule has 2 rings (SSSR count). The summed E-state index contributed by atoms with van der Waals surface area (Å²) in [6, 6.07) is 6.51. The van der Waals surface area contributed by atoms with Crippen LogP contribution in [0.25, 0.3) is 0 Å². The third kappa shape index (κ3) is 4.41. The molecule has 0 atom stereocenters. The van der Waals surface area contributed by atoms with E-state index in [-0.39, 0.29) is 18.3 Å². The van der Waals surface area contributed by atoms with Crippen molar-refractivity contribution in [1.29, 1.82) is 0 Å². The van der Waals surface area contributed by atoms with E-state index in [0.29, 0.717) is 51.5 Å². The van der Waals surface area contributed by atoms with Crippen molar-refractivity contribution in [2.45, 2.75) is 6.42 Å². The molecule has 0 radical (unpaired) electrons. The Balaban J connectivity index is 2.05. The van der Waals surface area contributed by atoms with Crippen LogP contribution in [0.2, 0.25) is 0 Å². The smallest absolute Gasteiger partial charge is 0.242 e. The molecule has 0 spiro atoms. The number of ether oxygens (including phenoxy) is 1. The Kier molecular flexibility index (Phi) is 5.95. The summed E-state index contributed by atoms with van der Waals surface area (Å²) in [5, 5.41) is 0. The van der Waals surface area contributed by atoms with Crippen LogP contribution in [-0.2, 0) is 9.53 Å². The maximum absolute atomic E-state index is 13.9. The number of rotatable bonds is 6. The Morgan fingerprint density at radius 1 is 1.33 bits per heavy atom. The van der Waals surface area contributed by atoms with Crippen molar-refractivity contribution in [1.82, 2.24) is 4.90 Å². The van der Waals surface area contributed by atoms with E-state index in [1.807, 2.05) is 0 Å². The zero-order chi connectivity index (χ0) is 15.1. The van der Waals surface area contributed by atoms with Gasteiger partial charge in [0.2, 0.25) is 5.91 Å². The predicted octanol–water partition coefficient (Wildman–Crippen LogP) is 0.840. The molecule has 21 heavy (non-hydrogen) atoms. The lowest BCUT2D eigenvalue weighted by Gasteiger charge is -2.31. The minimum absolute atomic E-state index is 0.00132. The molecule has 0 bridgehead atoms. The monoisotopic (exact) mass is 295 g/mol. The lowest BCUT2D eigenvalue weighted by Crippen LogP contribution is -2.46. The number of para-hydroxylation sites is 1. The third-order valence-electron chi connectivity index (χ3n) is 3.52. The summed E-state index contributed by atoms with van der Waals surface area (Å²) in [6.07, 6.45) is 0.713. The molecule has 2 N–H and O–H groups in total. The molecular formula is C15H22FN3O2. The average Bonchev–Trinajstić information content (AvgIpc) is 2.53. The number of anilines is 1. The van der Waals surface area contributed by atoms with Crippen molar-refractivity contribution in [3.8, 4) is 0 Å². The Labute approximate surface area is 124 Å².